The van der Waals surface area contributed by atoms with Gasteiger partial charge >= 0.3 is 6.18 Å². The van der Waals surface area contributed by atoms with Crippen LogP contribution in [0.2, 0.25) is 0 Å². The zero-order valence-electron chi connectivity index (χ0n) is 23.1. The lowest BCUT2D eigenvalue weighted by Gasteiger charge is -2.50. The molecule has 1 aromatic carbocycles. The fraction of sp³-hybridized carbons (Fsp3) is 0.536. The Morgan fingerprint density at radius 2 is 1.85 bits per heavy atom. The minimum atomic E-state index is -4.37. The maximum Gasteiger partial charge on any atom is 0.390 e. The van der Waals surface area contributed by atoms with E-state index in [0.717, 1.165) is 0 Å². The number of carbonyl (C=O) groups is 3. The predicted octanol–water partition coefficient (Wildman–Crippen LogP) is 2.13. The maximum absolute atomic E-state index is 14.0. The van der Waals surface area contributed by atoms with Gasteiger partial charge in [-0.1, -0.05) is 19.9 Å². The van der Waals surface area contributed by atoms with Crippen molar-refractivity contribution in [2.75, 3.05) is 20.6 Å². The number of nitrogens with two attached hydrogens (primary N) is 1. The molecular weight excluding hydrogens is 547 g/mol. The van der Waals surface area contributed by atoms with E-state index in [0.29, 0.717) is 11.1 Å². The molecule has 1 aromatic rings. The van der Waals surface area contributed by atoms with Crippen LogP contribution in [0.4, 0.5) is 13.2 Å². The molecule has 0 unspecified atom stereocenters. The van der Waals surface area contributed by atoms with Crippen LogP contribution in [0, 0.1) is 11.8 Å². The summed E-state index contributed by atoms with van der Waals surface area (Å²) in [6.07, 6.45) is -5.35. The molecule has 7 N–H and O–H groups in total. The average molecular weight is 582 g/mol. The number of amides is 1. The van der Waals surface area contributed by atoms with E-state index in [-0.39, 0.29) is 42.0 Å². The number of halogens is 3. The molecular formula is C28H34F3N3O7. The highest BCUT2D eigenvalue weighted by molar-refractivity contribution is 6.24. The molecule has 0 aliphatic heterocycles. The van der Waals surface area contributed by atoms with E-state index in [1.807, 2.05) is 13.8 Å². The third-order valence-corrected chi connectivity index (χ3v) is 8.36. The van der Waals surface area contributed by atoms with Crippen molar-refractivity contribution >= 4 is 23.2 Å². The first-order valence-electron chi connectivity index (χ1n) is 13.2. The molecule has 0 spiro atoms. The second-order valence-corrected chi connectivity index (χ2v) is 11.5. The van der Waals surface area contributed by atoms with Crippen LogP contribution in [0.5, 0.6) is 5.75 Å². The highest BCUT2D eigenvalue weighted by Crippen LogP contribution is 2.53. The maximum atomic E-state index is 14.0. The average Bonchev–Trinajstić information content (AvgIpc) is 2.83. The summed E-state index contributed by atoms with van der Waals surface area (Å²) in [6.45, 7) is 3.17. The van der Waals surface area contributed by atoms with Crippen LogP contribution >= 0.6 is 0 Å². The molecule has 13 heteroatoms. The number of fused-ring (bicyclic) bond motifs is 3. The molecule has 1 fully saturated rings. The largest absolute Gasteiger partial charge is 0.508 e. The lowest BCUT2D eigenvalue weighted by molar-refractivity contribution is -0.153. The van der Waals surface area contributed by atoms with Crippen LogP contribution in [-0.2, 0) is 27.3 Å². The fourth-order valence-corrected chi connectivity index (χ4v) is 6.50. The van der Waals surface area contributed by atoms with Gasteiger partial charge in [0.1, 0.15) is 22.8 Å². The topological polar surface area (TPSA) is 173 Å². The number of phenolic OH excluding ortho intramolecular Hbond substituents is 1. The van der Waals surface area contributed by atoms with Gasteiger partial charge in [0.05, 0.1) is 18.0 Å². The van der Waals surface area contributed by atoms with E-state index in [4.69, 9.17) is 5.73 Å². The summed E-state index contributed by atoms with van der Waals surface area (Å²) in [5.41, 5.74) is 2.74. The van der Waals surface area contributed by atoms with E-state index in [1.165, 1.54) is 19.0 Å². The SMILES string of the molecule is CC(C)c1cc(CNCCC(F)(F)F)c(O)c2c1C[C@H]1C[C@H]3[C@H](N(C)C)C(=O)C(C(N)=O)=C(O)[C@@]3(O)C(=O)C1=C2O. The Labute approximate surface area is 234 Å². The Morgan fingerprint density at radius 3 is 2.39 bits per heavy atom. The summed E-state index contributed by atoms with van der Waals surface area (Å²) < 4.78 is 37.8. The number of rotatable bonds is 7. The number of primary amides is 1. The molecule has 0 heterocycles. The van der Waals surface area contributed by atoms with Crippen LogP contribution < -0.4 is 11.1 Å². The summed E-state index contributed by atoms with van der Waals surface area (Å²) in [5.74, 6) is -7.58. The Balaban J connectivity index is 1.87. The minimum Gasteiger partial charge on any atom is -0.508 e. The van der Waals surface area contributed by atoms with Crippen LogP contribution in [0.15, 0.2) is 23.0 Å². The number of carbonyl (C=O) groups excluding carboxylic acids is 3. The first-order valence-corrected chi connectivity index (χ1v) is 13.2. The van der Waals surface area contributed by atoms with Crippen molar-refractivity contribution < 1.29 is 48.0 Å². The summed E-state index contributed by atoms with van der Waals surface area (Å²) in [7, 11) is 3.04. The lowest BCUT2D eigenvalue weighted by Crippen LogP contribution is -2.65. The number of hydrogen-bond acceptors (Lipinski definition) is 9. The number of Topliss-reactive ketones (excluding diaryl/α,β-unsaturated/α-hetero) is 2. The van der Waals surface area contributed by atoms with Gasteiger partial charge in [0, 0.05) is 30.1 Å². The second kappa shape index (κ2) is 10.4. The van der Waals surface area contributed by atoms with E-state index >= 15 is 0 Å². The molecule has 1 saturated carbocycles. The molecule has 3 aliphatic rings. The van der Waals surface area contributed by atoms with Gasteiger partial charge in [0.2, 0.25) is 5.78 Å². The summed E-state index contributed by atoms with van der Waals surface area (Å²) in [6, 6.07) is 0.467. The number of likely N-dealkylation sites (N-methyl/N-ethyl adjacent to an activating group) is 1. The van der Waals surface area contributed by atoms with Crippen molar-refractivity contribution in [1.82, 2.24) is 10.2 Å². The molecule has 4 atom stereocenters. The first kappa shape index (κ1) is 30.5. The number of nitrogens with zero attached hydrogens (tertiary/aromatic N) is 1. The summed E-state index contributed by atoms with van der Waals surface area (Å²) in [4.78, 5) is 40.7. The third-order valence-electron chi connectivity index (χ3n) is 8.36. The number of aliphatic hydroxyl groups excluding tert-OH is 2. The van der Waals surface area contributed by atoms with E-state index < -0.39 is 82.9 Å². The molecule has 0 aromatic heterocycles. The number of aliphatic hydroxyl groups is 3. The number of ketones is 2. The van der Waals surface area contributed by atoms with Crippen molar-refractivity contribution in [1.29, 1.82) is 0 Å². The molecule has 0 saturated heterocycles. The Morgan fingerprint density at radius 1 is 1.22 bits per heavy atom. The van der Waals surface area contributed by atoms with Crippen LogP contribution in [0.1, 0.15) is 54.9 Å². The number of benzene rings is 1. The predicted molar refractivity (Wildman–Crippen MR) is 141 cm³/mol. The van der Waals surface area contributed by atoms with Gasteiger partial charge in [0.15, 0.2) is 11.4 Å². The van der Waals surface area contributed by atoms with Crippen molar-refractivity contribution in [3.05, 3.63) is 45.2 Å². The number of phenols is 1. The third kappa shape index (κ3) is 4.89. The molecule has 0 radical (unpaired) electrons. The van der Waals surface area contributed by atoms with Gasteiger partial charge in [-0.25, -0.2) is 0 Å². The van der Waals surface area contributed by atoms with Crippen molar-refractivity contribution in [2.45, 2.75) is 63.4 Å². The number of alkyl halides is 3. The standard InChI is InChI=1S/C28H34F3N3O7/c1-11(2)14-8-13(10-33-6-5-27(29,30)31)21(35)18-15(14)7-12-9-16-20(34(3)4)23(37)19(26(32)40)25(39)28(16,41)24(38)17(12)22(18)36/h8,11-12,16,20,33,35-36,39,41H,5-7,9-10H2,1-4H3,(H2,32,40)/t12-,16-,20-,28-/m0/s1. The lowest BCUT2D eigenvalue weighted by atomic mass is 9.57. The van der Waals surface area contributed by atoms with Crippen LogP contribution in [0.3, 0.4) is 0 Å². The molecule has 41 heavy (non-hydrogen) atoms. The molecule has 4 rings (SSSR count). The normalized spacial score (nSPS) is 26.4. The molecule has 3 aliphatic carbocycles. The fourth-order valence-electron chi connectivity index (χ4n) is 6.50. The van der Waals surface area contributed by atoms with Crippen molar-refractivity contribution in [3.8, 4) is 5.75 Å². The Bertz CT molecular complexity index is 1380. The van der Waals surface area contributed by atoms with Gasteiger partial charge in [-0.05, 0) is 49.9 Å². The van der Waals surface area contributed by atoms with Gasteiger partial charge in [-0.3, -0.25) is 19.3 Å². The quantitative estimate of drug-likeness (QED) is 0.208. The first-order chi connectivity index (χ1) is 18.9. The van der Waals surface area contributed by atoms with Gasteiger partial charge in [-0.15, -0.1) is 0 Å². The second-order valence-electron chi connectivity index (χ2n) is 11.5. The highest BCUT2D eigenvalue weighted by Gasteiger charge is 2.64. The number of aromatic hydroxyl groups is 1. The molecule has 10 nitrogen and oxygen atoms in total. The van der Waals surface area contributed by atoms with Crippen molar-refractivity contribution in [3.63, 3.8) is 0 Å². The van der Waals surface area contributed by atoms with Gasteiger partial charge in [0.25, 0.3) is 5.91 Å². The number of nitrogens with one attached hydrogen (secondary N) is 1. The molecule has 224 valence electrons. The number of hydrogen-bond donors (Lipinski definition) is 6. The van der Waals surface area contributed by atoms with Crippen molar-refractivity contribution in [2.24, 2.45) is 17.6 Å². The van der Waals surface area contributed by atoms with Crippen LogP contribution in [0.25, 0.3) is 5.76 Å². The van der Waals surface area contributed by atoms with E-state index in [9.17, 15) is 48.0 Å². The summed E-state index contributed by atoms with van der Waals surface area (Å²) >= 11 is 0. The zero-order chi connectivity index (χ0) is 30.8. The highest BCUT2D eigenvalue weighted by atomic mass is 19.4. The van der Waals surface area contributed by atoms with E-state index in [1.54, 1.807) is 6.07 Å². The van der Waals surface area contributed by atoms with Gasteiger partial charge < -0.3 is 31.5 Å². The van der Waals surface area contributed by atoms with Crippen LogP contribution in [-0.4, -0.2) is 81.3 Å². The zero-order valence-corrected chi connectivity index (χ0v) is 23.1. The Hall–Kier alpha value is -3.42. The summed E-state index contributed by atoms with van der Waals surface area (Å²) in [5, 5.41) is 47.9. The molecule has 1 amide bonds. The van der Waals surface area contributed by atoms with Gasteiger partial charge in [-0.2, -0.15) is 13.2 Å². The monoisotopic (exact) mass is 581 g/mol. The van der Waals surface area contributed by atoms with E-state index in [2.05, 4.69) is 5.32 Å². The minimum absolute atomic E-state index is 0.0369. The molecule has 0 bridgehead atoms. The smallest absolute Gasteiger partial charge is 0.390 e. The Kier molecular flexibility index (Phi) is 7.78.